The van der Waals surface area contributed by atoms with E-state index in [1.807, 2.05) is 0 Å². The van der Waals surface area contributed by atoms with E-state index in [-0.39, 0.29) is 12.4 Å². The van der Waals surface area contributed by atoms with Crippen LogP contribution in [0, 0.1) is 0 Å². The van der Waals surface area contributed by atoms with Gasteiger partial charge in [-0.05, 0) is 6.92 Å². The van der Waals surface area contributed by atoms with E-state index in [2.05, 4.69) is 13.2 Å². The highest BCUT2D eigenvalue weighted by Gasteiger charge is 2.53. The largest absolute Gasteiger partial charge is 0.499 e. The van der Waals surface area contributed by atoms with Crippen LogP contribution in [0.3, 0.4) is 0 Å². The molecule has 0 fully saturated rings. The topological polar surface area (TPSA) is 29.5 Å². The minimum Gasteiger partial charge on any atom is -0.499 e. The molecule has 1 unspecified atom stereocenters. The number of hydrogen-bond donors (Lipinski definition) is 1. The van der Waals surface area contributed by atoms with Gasteiger partial charge in [0.2, 0.25) is 0 Å². The number of hydrogen-bond acceptors (Lipinski definition) is 2. The van der Waals surface area contributed by atoms with Crippen LogP contribution in [0.2, 0.25) is 0 Å². The molecule has 0 aromatic carbocycles. The normalized spacial score (nSPS) is 15.5. The van der Waals surface area contributed by atoms with E-state index in [4.69, 9.17) is 4.74 Å². The maximum atomic E-state index is 12.5. The van der Waals surface area contributed by atoms with Crippen molar-refractivity contribution in [1.29, 1.82) is 0 Å². The lowest BCUT2D eigenvalue weighted by Crippen LogP contribution is -2.45. The molecule has 0 spiro atoms. The molecule has 0 bridgehead atoms. The van der Waals surface area contributed by atoms with E-state index in [9.17, 15) is 18.3 Å². The molecule has 0 heterocycles. The summed E-state index contributed by atoms with van der Waals surface area (Å²) in [7, 11) is 0. The molecule has 15 heavy (non-hydrogen) atoms. The summed E-state index contributed by atoms with van der Waals surface area (Å²) in [5.74, 6) is -0.0841. The van der Waals surface area contributed by atoms with E-state index in [0.29, 0.717) is 0 Å². The van der Waals surface area contributed by atoms with Crippen molar-refractivity contribution < 1.29 is 23.0 Å². The fourth-order valence-electron chi connectivity index (χ4n) is 1.11. The van der Waals surface area contributed by atoms with Gasteiger partial charge in [0.25, 0.3) is 0 Å². The van der Waals surface area contributed by atoms with Crippen molar-refractivity contribution in [3.63, 3.8) is 0 Å². The molecule has 0 radical (unpaired) electrons. The first-order valence-corrected chi connectivity index (χ1v) is 4.47. The SMILES string of the molecule is C=CCC(O)(CC(=C)OCC)C(F)(F)F. The van der Waals surface area contributed by atoms with E-state index < -0.39 is 24.6 Å². The first-order chi connectivity index (χ1) is 6.77. The van der Waals surface area contributed by atoms with Crippen molar-refractivity contribution in [2.45, 2.75) is 31.5 Å². The van der Waals surface area contributed by atoms with E-state index in [0.717, 1.165) is 6.08 Å². The van der Waals surface area contributed by atoms with Crippen LogP contribution in [-0.4, -0.2) is 23.5 Å². The second-order valence-corrected chi connectivity index (χ2v) is 3.17. The van der Waals surface area contributed by atoms with Gasteiger partial charge in [-0.3, -0.25) is 0 Å². The molecule has 88 valence electrons. The summed E-state index contributed by atoms with van der Waals surface area (Å²) in [4.78, 5) is 0. The highest BCUT2D eigenvalue weighted by atomic mass is 19.4. The van der Waals surface area contributed by atoms with Crippen LogP contribution in [-0.2, 0) is 4.74 Å². The lowest BCUT2D eigenvalue weighted by atomic mass is 9.94. The summed E-state index contributed by atoms with van der Waals surface area (Å²) >= 11 is 0. The number of ether oxygens (including phenoxy) is 1. The lowest BCUT2D eigenvalue weighted by Gasteiger charge is -2.29. The molecule has 1 atom stereocenters. The average Bonchev–Trinajstić information content (AvgIpc) is 2.02. The minimum atomic E-state index is -4.72. The molecule has 0 amide bonds. The van der Waals surface area contributed by atoms with Crippen LogP contribution in [0.4, 0.5) is 13.2 Å². The Balaban J connectivity index is 4.66. The van der Waals surface area contributed by atoms with Crippen LogP contribution in [0.15, 0.2) is 25.0 Å². The molecule has 0 saturated carbocycles. The molecule has 0 aliphatic heterocycles. The summed E-state index contributed by atoms with van der Waals surface area (Å²) < 4.78 is 42.3. The van der Waals surface area contributed by atoms with Gasteiger partial charge in [-0.15, -0.1) is 6.58 Å². The predicted molar refractivity (Wildman–Crippen MR) is 51.2 cm³/mol. The molecule has 1 N–H and O–H groups in total. The van der Waals surface area contributed by atoms with Crippen LogP contribution < -0.4 is 0 Å². The molecule has 5 heteroatoms. The molecule has 0 aromatic heterocycles. The minimum absolute atomic E-state index is 0.0841. The Labute approximate surface area is 87.0 Å². The third-order valence-corrected chi connectivity index (χ3v) is 1.85. The monoisotopic (exact) mass is 224 g/mol. The van der Waals surface area contributed by atoms with Crippen molar-refractivity contribution in [3.05, 3.63) is 25.0 Å². The van der Waals surface area contributed by atoms with Crippen molar-refractivity contribution >= 4 is 0 Å². The zero-order valence-electron chi connectivity index (χ0n) is 8.60. The zero-order chi connectivity index (χ0) is 12.1. The number of halogens is 3. The smallest absolute Gasteiger partial charge is 0.417 e. The molecular formula is C10H15F3O2. The van der Waals surface area contributed by atoms with Gasteiger partial charge in [-0.2, -0.15) is 13.2 Å². The first kappa shape index (κ1) is 14.0. The third kappa shape index (κ3) is 3.95. The van der Waals surface area contributed by atoms with Crippen LogP contribution >= 0.6 is 0 Å². The van der Waals surface area contributed by atoms with Gasteiger partial charge < -0.3 is 9.84 Å². The quantitative estimate of drug-likeness (QED) is 0.555. The highest BCUT2D eigenvalue weighted by molar-refractivity contribution is 5.01. The van der Waals surface area contributed by atoms with Gasteiger partial charge in [-0.1, -0.05) is 12.7 Å². The summed E-state index contributed by atoms with van der Waals surface area (Å²) in [6, 6.07) is 0. The summed E-state index contributed by atoms with van der Waals surface area (Å²) in [5.41, 5.74) is -2.83. The standard InChI is InChI=1S/C10H15F3O2/c1-4-6-9(14,10(11,12)13)7-8(3)15-5-2/h4,14H,1,3,5-7H2,2H3. The Kier molecular flexibility index (Phi) is 4.87. The Hall–Kier alpha value is -0.970. The number of aliphatic hydroxyl groups is 1. The Morgan fingerprint density at radius 1 is 1.47 bits per heavy atom. The summed E-state index contributed by atoms with van der Waals surface area (Å²) in [5, 5.41) is 9.41. The predicted octanol–water partition coefficient (Wildman–Crippen LogP) is 2.80. The van der Waals surface area contributed by atoms with Gasteiger partial charge in [0.15, 0.2) is 5.60 Å². The van der Waals surface area contributed by atoms with Crippen LogP contribution in [0.1, 0.15) is 19.8 Å². The third-order valence-electron chi connectivity index (χ3n) is 1.85. The molecule has 0 aliphatic carbocycles. The van der Waals surface area contributed by atoms with E-state index >= 15 is 0 Å². The molecule has 0 rings (SSSR count). The molecule has 0 aromatic rings. The molecular weight excluding hydrogens is 209 g/mol. The van der Waals surface area contributed by atoms with Gasteiger partial charge in [0.05, 0.1) is 12.4 Å². The van der Waals surface area contributed by atoms with Crippen molar-refractivity contribution in [3.8, 4) is 0 Å². The number of rotatable bonds is 6. The molecule has 0 saturated heterocycles. The van der Waals surface area contributed by atoms with Gasteiger partial charge >= 0.3 is 6.18 Å². The Morgan fingerprint density at radius 2 is 2.00 bits per heavy atom. The Bertz CT molecular complexity index is 235. The molecule has 2 nitrogen and oxygen atoms in total. The highest BCUT2D eigenvalue weighted by Crippen LogP contribution is 2.37. The molecule has 0 aliphatic rings. The van der Waals surface area contributed by atoms with Gasteiger partial charge in [-0.25, -0.2) is 0 Å². The second kappa shape index (κ2) is 5.21. The maximum absolute atomic E-state index is 12.5. The van der Waals surface area contributed by atoms with Crippen LogP contribution in [0.5, 0.6) is 0 Å². The number of alkyl halides is 3. The fraction of sp³-hybridized carbons (Fsp3) is 0.600. The maximum Gasteiger partial charge on any atom is 0.417 e. The average molecular weight is 224 g/mol. The van der Waals surface area contributed by atoms with Gasteiger partial charge in [0.1, 0.15) is 0 Å². The summed E-state index contributed by atoms with van der Waals surface area (Å²) in [6.45, 7) is 8.34. The van der Waals surface area contributed by atoms with E-state index in [1.54, 1.807) is 6.92 Å². The fourth-order valence-corrected chi connectivity index (χ4v) is 1.11. The first-order valence-electron chi connectivity index (χ1n) is 4.47. The van der Waals surface area contributed by atoms with Crippen molar-refractivity contribution in [1.82, 2.24) is 0 Å². The van der Waals surface area contributed by atoms with E-state index in [1.165, 1.54) is 0 Å². The second-order valence-electron chi connectivity index (χ2n) is 3.17. The zero-order valence-corrected chi connectivity index (χ0v) is 8.60. The van der Waals surface area contributed by atoms with Crippen LogP contribution in [0.25, 0.3) is 0 Å². The van der Waals surface area contributed by atoms with Gasteiger partial charge in [0, 0.05) is 12.8 Å². The Morgan fingerprint density at radius 3 is 2.33 bits per heavy atom. The lowest BCUT2D eigenvalue weighted by molar-refractivity contribution is -0.260. The summed E-state index contributed by atoms with van der Waals surface area (Å²) in [6.07, 6.45) is -4.95. The van der Waals surface area contributed by atoms with Crippen molar-refractivity contribution in [2.24, 2.45) is 0 Å². The van der Waals surface area contributed by atoms with Crippen molar-refractivity contribution in [2.75, 3.05) is 6.61 Å².